The number of fused-ring (bicyclic) bond motifs is 1. The minimum Gasteiger partial charge on any atom is -0.454 e. The second kappa shape index (κ2) is 6.47. The van der Waals surface area contributed by atoms with Crippen molar-refractivity contribution < 1.29 is 19.1 Å². The Bertz CT molecular complexity index is 519. The van der Waals surface area contributed by atoms with Crippen molar-refractivity contribution in [3.8, 4) is 11.5 Å². The number of amides is 2. The highest BCUT2D eigenvalue weighted by Crippen LogP contribution is 2.32. The molecule has 0 fully saturated rings. The number of carbonyl (C=O) groups is 2. The molecule has 6 nitrogen and oxygen atoms in total. The van der Waals surface area contributed by atoms with E-state index in [1.807, 2.05) is 0 Å². The molecule has 1 atom stereocenters. The molecule has 0 bridgehead atoms. The van der Waals surface area contributed by atoms with Gasteiger partial charge in [0.1, 0.15) is 5.38 Å². The molecule has 0 spiro atoms. The molecule has 20 heavy (non-hydrogen) atoms. The Morgan fingerprint density at radius 3 is 2.70 bits per heavy atom. The Balaban J connectivity index is 1.79. The second-order valence-electron chi connectivity index (χ2n) is 4.23. The third-order valence-corrected chi connectivity index (χ3v) is 2.90. The average molecular weight is 299 g/mol. The zero-order chi connectivity index (χ0) is 14.5. The number of hydrogen-bond acceptors (Lipinski definition) is 4. The first-order valence-corrected chi connectivity index (χ1v) is 6.61. The SMILES string of the molecule is CC(Cl)C(=O)NCCNC(=O)c1ccc2c(c1)OCO2. The summed E-state index contributed by atoms with van der Waals surface area (Å²) in [6, 6.07) is 4.97. The number of alkyl halides is 1. The van der Waals surface area contributed by atoms with Crippen molar-refractivity contribution in [2.45, 2.75) is 12.3 Å². The van der Waals surface area contributed by atoms with E-state index in [4.69, 9.17) is 21.1 Å². The average Bonchev–Trinajstić information content (AvgIpc) is 2.90. The van der Waals surface area contributed by atoms with Gasteiger partial charge in [0.25, 0.3) is 5.91 Å². The maximum Gasteiger partial charge on any atom is 0.251 e. The summed E-state index contributed by atoms with van der Waals surface area (Å²) in [7, 11) is 0. The van der Waals surface area contributed by atoms with Gasteiger partial charge in [0.15, 0.2) is 11.5 Å². The molecule has 1 aromatic carbocycles. The molecule has 1 unspecified atom stereocenters. The van der Waals surface area contributed by atoms with Gasteiger partial charge in [0.2, 0.25) is 12.7 Å². The standard InChI is InChI=1S/C13H15ClN2O4/c1-8(14)12(17)15-4-5-16-13(18)9-2-3-10-11(6-9)20-7-19-10/h2-3,6,8H,4-5,7H2,1H3,(H,15,17)(H,16,18). The summed E-state index contributed by atoms with van der Waals surface area (Å²) in [5.41, 5.74) is 0.478. The van der Waals surface area contributed by atoms with Gasteiger partial charge in [-0.05, 0) is 25.1 Å². The van der Waals surface area contributed by atoms with E-state index >= 15 is 0 Å². The van der Waals surface area contributed by atoms with Crippen molar-refractivity contribution in [1.82, 2.24) is 10.6 Å². The fourth-order valence-electron chi connectivity index (χ4n) is 1.64. The molecule has 0 aliphatic carbocycles. The molecule has 7 heteroatoms. The molecule has 0 saturated carbocycles. The molecule has 0 radical (unpaired) electrons. The van der Waals surface area contributed by atoms with E-state index in [2.05, 4.69) is 10.6 Å². The highest BCUT2D eigenvalue weighted by Gasteiger charge is 2.16. The Hall–Kier alpha value is -1.95. The van der Waals surface area contributed by atoms with Crippen LogP contribution in [-0.4, -0.2) is 37.1 Å². The van der Waals surface area contributed by atoms with Crippen LogP contribution in [0.1, 0.15) is 17.3 Å². The molecule has 1 aliphatic rings. The van der Waals surface area contributed by atoms with Gasteiger partial charge in [0.05, 0.1) is 0 Å². The van der Waals surface area contributed by atoms with Gasteiger partial charge in [0, 0.05) is 18.7 Å². The van der Waals surface area contributed by atoms with Crippen LogP contribution in [0.4, 0.5) is 0 Å². The van der Waals surface area contributed by atoms with Crippen LogP contribution < -0.4 is 20.1 Å². The topological polar surface area (TPSA) is 76.7 Å². The molecule has 2 rings (SSSR count). The van der Waals surface area contributed by atoms with Crippen LogP contribution in [0.5, 0.6) is 11.5 Å². The predicted molar refractivity (Wildman–Crippen MR) is 73.2 cm³/mol. The number of halogens is 1. The van der Waals surface area contributed by atoms with E-state index in [9.17, 15) is 9.59 Å². The number of benzene rings is 1. The lowest BCUT2D eigenvalue weighted by Crippen LogP contribution is -2.37. The van der Waals surface area contributed by atoms with Crippen LogP contribution in [0.15, 0.2) is 18.2 Å². The Kier molecular flexibility index (Phi) is 4.68. The third-order valence-electron chi connectivity index (χ3n) is 2.71. The Morgan fingerprint density at radius 1 is 1.25 bits per heavy atom. The molecular formula is C13H15ClN2O4. The lowest BCUT2D eigenvalue weighted by atomic mass is 10.2. The van der Waals surface area contributed by atoms with E-state index < -0.39 is 5.38 Å². The van der Waals surface area contributed by atoms with Crippen LogP contribution in [0.2, 0.25) is 0 Å². The summed E-state index contributed by atoms with van der Waals surface area (Å²) in [6.07, 6.45) is 0. The van der Waals surface area contributed by atoms with Gasteiger partial charge in [-0.3, -0.25) is 9.59 Å². The fourth-order valence-corrected chi connectivity index (χ4v) is 1.72. The minimum atomic E-state index is -0.584. The van der Waals surface area contributed by atoms with Crippen LogP contribution in [-0.2, 0) is 4.79 Å². The van der Waals surface area contributed by atoms with Crippen molar-refractivity contribution in [1.29, 1.82) is 0 Å². The van der Waals surface area contributed by atoms with E-state index in [1.54, 1.807) is 25.1 Å². The normalized spacial score (nSPS) is 13.7. The van der Waals surface area contributed by atoms with E-state index in [0.717, 1.165) is 0 Å². The van der Waals surface area contributed by atoms with E-state index in [0.29, 0.717) is 30.2 Å². The number of hydrogen-bond donors (Lipinski definition) is 2. The van der Waals surface area contributed by atoms with Gasteiger partial charge in [-0.15, -0.1) is 11.6 Å². The molecule has 1 heterocycles. The van der Waals surface area contributed by atoms with Gasteiger partial charge in [-0.2, -0.15) is 0 Å². The van der Waals surface area contributed by atoms with Gasteiger partial charge in [-0.1, -0.05) is 0 Å². The first kappa shape index (κ1) is 14.5. The molecule has 2 amide bonds. The minimum absolute atomic E-state index is 0.170. The van der Waals surface area contributed by atoms with Crippen molar-refractivity contribution in [2.75, 3.05) is 19.9 Å². The smallest absolute Gasteiger partial charge is 0.251 e. The number of rotatable bonds is 5. The summed E-state index contributed by atoms with van der Waals surface area (Å²) in [5, 5.41) is 4.71. The molecule has 0 aromatic heterocycles. The summed E-state index contributed by atoms with van der Waals surface area (Å²) in [4.78, 5) is 23.1. The number of nitrogens with one attached hydrogen (secondary N) is 2. The lowest BCUT2D eigenvalue weighted by Gasteiger charge is -2.08. The fraction of sp³-hybridized carbons (Fsp3) is 0.385. The second-order valence-corrected chi connectivity index (χ2v) is 4.89. The van der Waals surface area contributed by atoms with Gasteiger partial charge < -0.3 is 20.1 Å². The first-order chi connectivity index (χ1) is 9.58. The quantitative estimate of drug-likeness (QED) is 0.625. The van der Waals surface area contributed by atoms with Gasteiger partial charge in [-0.25, -0.2) is 0 Å². The van der Waals surface area contributed by atoms with E-state index in [1.165, 1.54) is 0 Å². The van der Waals surface area contributed by atoms with Crippen molar-refractivity contribution in [2.24, 2.45) is 0 Å². The van der Waals surface area contributed by atoms with Crippen LogP contribution >= 0.6 is 11.6 Å². The van der Waals surface area contributed by atoms with Crippen LogP contribution in [0.25, 0.3) is 0 Å². The molecule has 2 N–H and O–H groups in total. The molecule has 1 aromatic rings. The molecule has 0 saturated heterocycles. The summed E-state index contributed by atoms with van der Waals surface area (Å²) < 4.78 is 10.4. The van der Waals surface area contributed by atoms with Crippen molar-refractivity contribution >= 4 is 23.4 Å². The first-order valence-electron chi connectivity index (χ1n) is 6.17. The van der Waals surface area contributed by atoms with Crippen molar-refractivity contribution in [3.63, 3.8) is 0 Å². The zero-order valence-corrected chi connectivity index (χ0v) is 11.7. The highest BCUT2D eigenvalue weighted by molar-refractivity contribution is 6.30. The van der Waals surface area contributed by atoms with Crippen LogP contribution in [0, 0.1) is 0 Å². The molecule has 1 aliphatic heterocycles. The molecular weight excluding hydrogens is 284 g/mol. The largest absolute Gasteiger partial charge is 0.454 e. The summed E-state index contributed by atoms with van der Waals surface area (Å²) in [5.74, 6) is 0.687. The summed E-state index contributed by atoms with van der Waals surface area (Å²) >= 11 is 5.59. The monoisotopic (exact) mass is 298 g/mol. The number of ether oxygens (including phenoxy) is 2. The van der Waals surface area contributed by atoms with Gasteiger partial charge >= 0.3 is 0 Å². The summed E-state index contributed by atoms with van der Waals surface area (Å²) in [6.45, 7) is 2.40. The Labute approximate surface area is 121 Å². The predicted octanol–water partition coefficient (Wildman–Crippen LogP) is 0.889. The molecule has 108 valence electrons. The maximum atomic E-state index is 11.9. The van der Waals surface area contributed by atoms with Crippen LogP contribution in [0.3, 0.4) is 0 Å². The Morgan fingerprint density at radius 2 is 1.95 bits per heavy atom. The lowest BCUT2D eigenvalue weighted by molar-refractivity contribution is -0.120. The zero-order valence-electron chi connectivity index (χ0n) is 10.9. The highest BCUT2D eigenvalue weighted by atomic mass is 35.5. The maximum absolute atomic E-state index is 11.9. The number of carbonyl (C=O) groups excluding carboxylic acids is 2. The van der Waals surface area contributed by atoms with E-state index in [-0.39, 0.29) is 18.6 Å². The van der Waals surface area contributed by atoms with Crippen molar-refractivity contribution in [3.05, 3.63) is 23.8 Å². The third kappa shape index (κ3) is 3.54.